The van der Waals surface area contributed by atoms with Gasteiger partial charge in [0.1, 0.15) is 0 Å². The summed E-state index contributed by atoms with van der Waals surface area (Å²) in [5.74, 6) is 0.889. The van der Waals surface area contributed by atoms with Gasteiger partial charge in [-0.25, -0.2) is 4.39 Å². The highest BCUT2D eigenvalue weighted by Gasteiger charge is 2.12. The number of halogens is 1. The van der Waals surface area contributed by atoms with E-state index in [0.29, 0.717) is 5.56 Å². The molecule has 0 saturated heterocycles. The number of rotatable bonds is 3. The lowest BCUT2D eigenvalue weighted by atomic mass is 10.1. The van der Waals surface area contributed by atoms with Crippen molar-refractivity contribution in [2.45, 2.75) is 6.92 Å². The highest BCUT2D eigenvalue weighted by molar-refractivity contribution is 6.06. The van der Waals surface area contributed by atoms with Crippen LogP contribution in [0.3, 0.4) is 0 Å². The van der Waals surface area contributed by atoms with Crippen molar-refractivity contribution in [3.63, 3.8) is 0 Å². The van der Waals surface area contributed by atoms with Gasteiger partial charge in [-0.2, -0.15) is 0 Å². The van der Waals surface area contributed by atoms with Crippen LogP contribution >= 0.6 is 0 Å². The second kappa shape index (κ2) is 6.02. The largest absolute Gasteiger partial charge is 0.319 e. The van der Waals surface area contributed by atoms with Crippen molar-refractivity contribution in [3.8, 4) is 12.3 Å². The van der Waals surface area contributed by atoms with E-state index >= 15 is 0 Å². The van der Waals surface area contributed by atoms with Crippen molar-refractivity contribution in [2.75, 3.05) is 5.32 Å². The monoisotopic (exact) mass is 281 g/mol. The Morgan fingerprint density at radius 2 is 1.81 bits per heavy atom. The molecule has 2 aromatic carbocycles. The van der Waals surface area contributed by atoms with Gasteiger partial charge in [0.05, 0.1) is 11.3 Å². The van der Waals surface area contributed by atoms with Gasteiger partial charge in [-0.15, -0.1) is 6.42 Å². The van der Waals surface area contributed by atoms with Gasteiger partial charge in [0.15, 0.2) is 11.6 Å². The number of anilines is 1. The zero-order valence-corrected chi connectivity index (χ0v) is 11.3. The number of ketones is 1. The van der Waals surface area contributed by atoms with E-state index in [2.05, 4.69) is 11.2 Å². The maximum absolute atomic E-state index is 13.9. The minimum atomic E-state index is -0.656. The zero-order chi connectivity index (χ0) is 15.4. The Hall–Kier alpha value is -2.93. The maximum atomic E-state index is 13.9. The molecule has 104 valence electrons. The van der Waals surface area contributed by atoms with E-state index in [9.17, 15) is 14.0 Å². The Balaban J connectivity index is 2.29. The summed E-state index contributed by atoms with van der Waals surface area (Å²) in [4.78, 5) is 23.4. The summed E-state index contributed by atoms with van der Waals surface area (Å²) >= 11 is 0. The number of amides is 1. The molecule has 0 radical (unpaired) electrons. The Bertz CT molecular complexity index is 760. The summed E-state index contributed by atoms with van der Waals surface area (Å²) in [6.45, 7) is 1.41. The smallest absolute Gasteiger partial charge is 0.255 e. The first-order valence-electron chi connectivity index (χ1n) is 6.20. The van der Waals surface area contributed by atoms with Gasteiger partial charge in [0.2, 0.25) is 0 Å². The van der Waals surface area contributed by atoms with Crippen molar-refractivity contribution >= 4 is 17.4 Å². The predicted octanol–water partition coefficient (Wildman–Crippen LogP) is 3.26. The summed E-state index contributed by atoms with van der Waals surface area (Å²) in [5.41, 5.74) is 0.766. The van der Waals surface area contributed by atoms with Crippen molar-refractivity contribution < 1.29 is 14.0 Å². The molecule has 2 rings (SSSR count). The van der Waals surface area contributed by atoms with Gasteiger partial charge >= 0.3 is 0 Å². The van der Waals surface area contributed by atoms with Crippen LogP contribution in [0.2, 0.25) is 0 Å². The molecule has 0 fully saturated rings. The molecule has 0 aliphatic heterocycles. The van der Waals surface area contributed by atoms with Gasteiger partial charge in [0, 0.05) is 11.1 Å². The van der Waals surface area contributed by atoms with E-state index in [4.69, 9.17) is 6.42 Å². The average molecular weight is 281 g/mol. The first-order chi connectivity index (χ1) is 10.0. The van der Waals surface area contributed by atoms with E-state index in [1.54, 1.807) is 24.3 Å². The first kappa shape index (κ1) is 14.5. The molecule has 4 heteroatoms. The van der Waals surface area contributed by atoms with E-state index in [-0.39, 0.29) is 22.6 Å². The predicted molar refractivity (Wildman–Crippen MR) is 78.7 cm³/mol. The van der Waals surface area contributed by atoms with Gasteiger partial charge in [0.25, 0.3) is 5.91 Å². The molecule has 21 heavy (non-hydrogen) atoms. The summed E-state index contributed by atoms with van der Waals surface area (Å²) < 4.78 is 13.9. The molecule has 0 aliphatic rings. The fourth-order valence-corrected chi connectivity index (χ4v) is 1.81. The number of Topliss-reactive ketones (excluding diaryl/α,β-unsaturated/α-hetero) is 1. The Morgan fingerprint density at radius 1 is 1.14 bits per heavy atom. The van der Waals surface area contributed by atoms with Crippen molar-refractivity contribution in [2.24, 2.45) is 0 Å². The minimum Gasteiger partial charge on any atom is -0.319 e. The quantitative estimate of drug-likeness (QED) is 0.693. The van der Waals surface area contributed by atoms with Gasteiger partial charge in [-0.1, -0.05) is 24.1 Å². The number of benzene rings is 2. The lowest BCUT2D eigenvalue weighted by Gasteiger charge is -2.08. The molecule has 0 atom stereocenters. The Morgan fingerprint density at radius 3 is 2.48 bits per heavy atom. The first-order valence-corrected chi connectivity index (χ1v) is 6.20. The van der Waals surface area contributed by atoms with Gasteiger partial charge in [-0.05, 0) is 31.2 Å². The SMILES string of the molecule is C#Cc1cccc(NC(=O)c2cccc(C(C)=O)c2)c1F. The Labute approximate surface area is 121 Å². The second-order valence-corrected chi connectivity index (χ2v) is 4.40. The van der Waals surface area contributed by atoms with Crippen LogP contribution in [0.5, 0.6) is 0 Å². The normalized spacial score (nSPS) is 9.76. The number of hydrogen-bond acceptors (Lipinski definition) is 2. The molecule has 1 amide bonds. The van der Waals surface area contributed by atoms with Crippen LogP contribution < -0.4 is 5.32 Å². The van der Waals surface area contributed by atoms with E-state index < -0.39 is 11.7 Å². The molecular formula is C17H12FNO2. The Kier molecular flexibility index (Phi) is 4.15. The fraction of sp³-hybridized carbons (Fsp3) is 0.0588. The van der Waals surface area contributed by atoms with Crippen LogP contribution in [-0.2, 0) is 0 Å². The van der Waals surface area contributed by atoms with E-state index in [1.165, 1.54) is 25.1 Å². The fourth-order valence-electron chi connectivity index (χ4n) is 1.81. The zero-order valence-electron chi connectivity index (χ0n) is 11.3. The number of terminal acetylenes is 1. The molecule has 0 unspecified atom stereocenters. The minimum absolute atomic E-state index is 0.00341. The molecule has 0 saturated carbocycles. The molecule has 3 nitrogen and oxygen atoms in total. The summed E-state index contributed by atoms with van der Waals surface area (Å²) in [5, 5.41) is 2.45. The third-order valence-corrected chi connectivity index (χ3v) is 2.93. The standard InChI is InChI=1S/C17H12FNO2/c1-3-12-6-5-9-15(16(12)18)19-17(21)14-8-4-7-13(10-14)11(2)20/h1,4-10H,2H3,(H,19,21). The topological polar surface area (TPSA) is 46.2 Å². The summed E-state index contributed by atoms with van der Waals surface area (Å²) in [6.07, 6.45) is 5.17. The van der Waals surface area contributed by atoms with Crippen LogP contribution in [0.4, 0.5) is 10.1 Å². The number of carbonyl (C=O) groups excluding carboxylic acids is 2. The number of hydrogen-bond donors (Lipinski definition) is 1. The molecule has 0 spiro atoms. The molecule has 1 N–H and O–H groups in total. The van der Waals surface area contributed by atoms with Gasteiger partial charge < -0.3 is 5.32 Å². The van der Waals surface area contributed by atoms with Crippen molar-refractivity contribution in [1.29, 1.82) is 0 Å². The third kappa shape index (κ3) is 3.15. The van der Waals surface area contributed by atoms with Crippen molar-refractivity contribution in [3.05, 3.63) is 65.0 Å². The van der Waals surface area contributed by atoms with Crippen molar-refractivity contribution in [1.82, 2.24) is 0 Å². The van der Waals surface area contributed by atoms with Gasteiger partial charge in [-0.3, -0.25) is 9.59 Å². The highest BCUT2D eigenvalue weighted by atomic mass is 19.1. The second-order valence-electron chi connectivity index (χ2n) is 4.40. The third-order valence-electron chi connectivity index (χ3n) is 2.93. The van der Waals surface area contributed by atoms with Crippen LogP contribution in [-0.4, -0.2) is 11.7 Å². The average Bonchev–Trinajstić information content (AvgIpc) is 2.49. The molecule has 0 aromatic heterocycles. The molecule has 0 bridgehead atoms. The maximum Gasteiger partial charge on any atom is 0.255 e. The molecule has 0 aliphatic carbocycles. The van der Waals surface area contributed by atoms with E-state index in [1.807, 2.05) is 0 Å². The lowest BCUT2D eigenvalue weighted by molar-refractivity contribution is 0.101. The molecule has 0 heterocycles. The molecule has 2 aromatic rings. The number of nitrogens with one attached hydrogen (secondary N) is 1. The van der Waals surface area contributed by atoms with Crippen LogP contribution in [0.25, 0.3) is 0 Å². The lowest BCUT2D eigenvalue weighted by Crippen LogP contribution is -2.14. The summed E-state index contributed by atoms with van der Waals surface area (Å²) in [7, 11) is 0. The highest BCUT2D eigenvalue weighted by Crippen LogP contribution is 2.18. The summed E-state index contributed by atoms with van der Waals surface area (Å²) in [6, 6.07) is 10.6. The number of carbonyl (C=O) groups is 2. The van der Waals surface area contributed by atoms with Crippen LogP contribution in [0.1, 0.15) is 33.2 Å². The van der Waals surface area contributed by atoms with Crippen LogP contribution in [0, 0.1) is 18.2 Å². The molecular weight excluding hydrogens is 269 g/mol. The van der Waals surface area contributed by atoms with Crippen LogP contribution in [0.15, 0.2) is 42.5 Å². The van der Waals surface area contributed by atoms with E-state index in [0.717, 1.165) is 0 Å².